The lowest BCUT2D eigenvalue weighted by atomic mass is 10.1. The monoisotopic (exact) mass is 514 g/mol. The third-order valence-electron chi connectivity index (χ3n) is 4.63. The van der Waals surface area contributed by atoms with Crippen LogP contribution in [0.3, 0.4) is 0 Å². The summed E-state index contributed by atoms with van der Waals surface area (Å²) in [5.41, 5.74) is 7.38. The number of carboxylic acid groups (broad SMARTS) is 1. The zero-order chi connectivity index (χ0) is 28.8. The number of allylic oxidation sites excluding steroid dienone is 1. The molecule has 0 radical (unpaired) electrons. The molecule has 9 heteroatoms. The van der Waals surface area contributed by atoms with E-state index in [4.69, 9.17) is 25.4 Å². The van der Waals surface area contributed by atoms with E-state index in [9.17, 15) is 4.79 Å². The second-order valence-corrected chi connectivity index (χ2v) is 8.09. The van der Waals surface area contributed by atoms with Gasteiger partial charge in [0, 0.05) is 39.0 Å². The molecule has 37 heavy (non-hydrogen) atoms. The molecule has 0 unspecified atom stereocenters. The number of anilines is 1. The molecule has 0 aliphatic rings. The maximum Gasteiger partial charge on any atom is 0.290 e. The number of benzene rings is 2. The molecule has 0 aromatic heterocycles. The zero-order valence-electron chi connectivity index (χ0n) is 23.0. The quantitative estimate of drug-likeness (QED) is 0.181. The van der Waals surface area contributed by atoms with Crippen molar-refractivity contribution in [2.45, 2.75) is 47.0 Å². The third-order valence-corrected chi connectivity index (χ3v) is 4.63. The molecule has 2 aromatic rings. The van der Waals surface area contributed by atoms with E-state index >= 15 is 0 Å². The number of nitrogens with zero attached hydrogens (tertiary/aromatic N) is 3. The molecule has 2 aromatic carbocycles. The molecular weight excluding hydrogens is 472 g/mol. The van der Waals surface area contributed by atoms with Gasteiger partial charge in [-0.25, -0.2) is 5.01 Å². The molecule has 0 spiro atoms. The smallest absolute Gasteiger partial charge is 0.290 e. The molecule has 4 N–H and O–H groups in total. The fraction of sp³-hybridized carbons (Fsp3) is 0.393. The maximum absolute atomic E-state index is 11.1. The van der Waals surface area contributed by atoms with Crippen molar-refractivity contribution < 1.29 is 24.9 Å². The van der Waals surface area contributed by atoms with Gasteiger partial charge < -0.3 is 20.2 Å². The Bertz CT molecular complexity index is 949. The molecule has 0 bridgehead atoms. The molecule has 0 saturated heterocycles. The Morgan fingerprint density at radius 1 is 1.08 bits per heavy atom. The molecule has 0 atom stereocenters. The SMILES string of the molecule is CC(C)O.CCN(C)c1ccc(/C=C(\C#N)C(C)=O)cc1.CNN(C)Cc1ccc(CO)cc1.O=CO. The predicted octanol–water partition coefficient (Wildman–Crippen LogP) is 3.47. The van der Waals surface area contributed by atoms with E-state index in [2.05, 4.69) is 17.2 Å². The van der Waals surface area contributed by atoms with E-state index in [-0.39, 0.29) is 30.5 Å². The van der Waals surface area contributed by atoms with Crippen LogP contribution < -0.4 is 10.3 Å². The van der Waals surface area contributed by atoms with E-state index in [1.165, 1.54) is 12.5 Å². The van der Waals surface area contributed by atoms with Crippen LogP contribution in [0.5, 0.6) is 0 Å². The lowest BCUT2D eigenvalue weighted by Gasteiger charge is -2.16. The number of hydrogen-bond donors (Lipinski definition) is 4. The fourth-order valence-electron chi connectivity index (χ4n) is 2.49. The summed E-state index contributed by atoms with van der Waals surface area (Å²) in [6, 6.07) is 17.6. The van der Waals surface area contributed by atoms with Gasteiger partial charge in [-0.1, -0.05) is 36.4 Å². The molecule has 0 aliphatic heterocycles. The highest BCUT2D eigenvalue weighted by molar-refractivity contribution is 6.01. The van der Waals surface area contributed by atoms with Gasteiger partial charge in [0.05, 0.1) is 12.2 Å². The van der Waals surface area contributed by atoms with Crippen LogP contribution in [0.15, 0.2) is 54.1 Å². The molecule has 0 saturated carbocycles. The van der Waals surface area contributed by atoms with Crippen molar-refractivity contribution in [3.63, 3.8) is 0 Å². The Hall–Kier alpha value is -3.55. The second-order valence-electron chi connectivity index (χ2n) is 8.09. The number of carbonyl (C=O) groups is 2. The van der Waals surface area contributed by atoms with Gasteiger partial charge in [-0.15, -0.1) is 0 Å². The number of nitriles is 1. The lowest BCUT2D eigenvalue weighted by Crippen LogP contribution is -2.29. The van der Waals surface area contributed by atoms with E-state index < -0.39 is 0 Å². The summed E-state index contributed by atoms with van der Waals surface area (Å²) in [5.74, 6) is -0.206. The summed E-state index contributed by atoms with van der Waals surface area (Å²) in [6.45, 7) is 8.59. The number of rotatable bonds is 8. The minimum absolute atomic E-state index is 0.113. The first-order valence-corrected chi connectivity index (χ1v) is 11.8. The van der Waals surface area contributed by atoms with Gasteiger partial charge in [0.1, 0.15) is 6.07 Å². The maximum atomic E-state index is 11.1. The van der Waals surface area contributed by atoms with Crippen molar-refractivity contribution in [1.82, 2.24) is 10.4 Å². The van der Waals surface area contributed by atoms with Crippen LogP contribution in [0.4, 0.5) is 5.69 Å². The Labute approximate surface area is 221 Å². The van der Waals surface area contributed by atoms with Gasteiger partial charge in [-0.05, 0) is 69.6 Å². The number of hydrazine groups is 1. The second kappa shape index (κ2) is 21.7. The molecule has 2 rings (SSSR count). The van der Waals surface area contributed by atoms with Crippen LogP contribution >= 0.6 is 0 Å². The minimum atomic E-state index is -0.250. The van der Waals surface area contributed by atoms with Crippen LogP contribution in [0, 0.1) is 11.3 Å². The fourth-order valence-corrected chi connectivity index (χ4v) is 2.49. The first-order valence-electron chi connectivity index (χ1n) is 11.8. The summed E-state index contributed by atoms with van der Waals surface area (Å²) in [7, 11) is 5.89. The molecule has 0 aliphatic carbocycles. The van der Waals surface area contributed by atoms with Crippen molar-refractivity contribution in [1.29, 1.82) is 5.26 Å². The van der Waals surface area contributed by atoms with Gasteiger partial charge >= 0.3 is 0 Å². The highest BCUT2D eigenvalue weighted by atomic mass is 16.3. The highest BCUT2D eigenvalue weighted by Gasteiger charge is 2.03. The summed E-state index contributed by atoms with van der Waals surface area (Å²) in [4.78, 5) is 21.6. The van der Waals surface area contributed by atoms with Crippen LogP contribution in [0.2, 0.25) is 0 Å². The average Bonchev–Trinajstić information content (AvgIpc) is 2.88. The molecule has 0 fully saturated rings. The molecule has 0 heterocycles. The van der Waals surface area contributed by atoms with Gasteiger partial charge in [0.15, 0.2) is 5.78 Å². The number of nitrogens with one attached hydrogen (secondary N) is 1. The molecular formula is C28H42N4O5. The number of aliphatic hydroxyl groups excluding tert-OH is 2. The topological polar surface area (TPSA) is 137 Å². The normalized spacial score (nSPS) is 10.1. The highest BCUT2D eigenvalue weighted by Crippen LogP contribution is 2.15. The molecule has 9 nitrogen and oxygen atoms in total. The van der Waals surface area contributed by atoms with E-state index in [0.717, 1.165) is 29.9 Å². The van der Waals surface area contributed by atoms with Crippen molar-refractivity contribution >= 4 is 24.0 Å². The number of aliphatic hydroxyl groups is 2. The zero-order valence-corrected chi connectivity index (χ0v) is 23.0. The van der Waals surface area contributed by atoms with Gasteiger partial charge in [0.25, 0.3) is 6.47 Å². The molecule has 0 amide bonds. The Balaban J connectivity index is 0. The average molecular weight is 515 g/mol. The van der Waals surface area contributed by atoms with Crippen molar-refractivity contribution in [3.8, 4) is 6.07 Å². The van der Waals surface area contributed by atoms with Crippen LogP contribution in [-0.2, 0) is 22.7 Å². The van der Waals surface area contributed by atoms with Crippen LogP contribution in [0.25, 0.3) is 6.08 Å². The Morgan fingerprint density at radius 3 is 1.89 bits per heavy atom. The van der Waals surface area contributed by atoms with E-state index in [1.54, 1.807) is 19.9 Å². The van der Waals surface area contributed by atoms with Crippen LogP contribution in [0.1, 0.15) is 44.4 Å². The van der Waals surface area contributed by atoms with Crippen molar-refractivity contribution in [2.24, 2.45) is 0 Å². The largest absolute Gasteiger partial charge is 0.483 e. The van der Waals surface area contributed by atoms with Crippen molar-refractivity contribution in [2.75, 3.05) is 32.6 Å². The van der Waals surface area contributed by atoms with Gasteiger partial charge in [-0.3, -0.25) is 15.0 Å². The number of Topliss-reactive ketones (excluding diaryl/α,β-unsaturated/α-hetero) is 1. The summed E-state index contributed by atoms with van der Waals surface area (Å²) < 4.78 is 0. The lowest BCUT2D eigenvalue weighted by molar-refractivity contribution is -0.122. The third kappa shape index (κ3) is 18.4. The van der Waals surface area contributed by atoms with E-state index in [0.29, 0.717) is 0 Å². The van der Waals surface area contributed by atoms with Gasteiger partial charge in [-0.2, -0.15) is 5.26 Å². The van der Waals surface area contributed by atoms with E-state index in [1.807, 2.05) is 80.8 Å². The first-order chi connectivity index (χ1) is 17.5. The van der Waals surface area contributed by atoms with Crippen LogP contribution in [-0.4, -0.2) is 66.4 Å². The number of ketones is 1. The van der Waals surface area contributed by atoms with Crippen molar-refractivity contribution in [3.05, 3.63) is 70.8 Å². The Morgan fingerprint density at radius 2 is 1.54 bits per heavy atom. The van der Waals surface area contributed by atoms with Gasteiger partial charge in [0.2, 0.25) is 0 Å². The first kappa shape index (κ1) is 35.6. The summed E-state index contributed by atoms with van der Waals surface area (Å²) in [6.07, 6.45) is 1.44. The predicted molar refractivity (Wildman–Crippen MR) is 149 cm³/mol. The molecule has 204 valence electrons. The number of carbonyl (C=O) groups excluding carboxylic acids is 1. The minimum Gasteiger partial charge on any atom is -0.483 e. The Kier molecular flexibility index (Phi) is 20.9. The summed E-state index contributed by atoms with van der Waals surface area (Å²) in [5, 5.41) is 34.6. The number of hydrogen-bond acceptors (Lipinski definition) is 8. The standard InChI is InChI=1S/C14H16N2O.C10H16N2O.C3H8O.CH2O2/c1-4-16(3)14-7-5-12(6-8-14)9-13(10-15)11(2)17;1-11-12(2)7-9-3-5-10(8-13)6-4-9;1-3(2)4;2-1-3/h5-9H,4H2,1-3H3;3-6,11,13H,7-8H2,1-2H3;3-4H,1-2H3;1H,(H,2,3)/b13-9+;;;. The summed E-state index contributed by atoms with van der Waals surface area (Å²) >= 11 is 0.